The number of carbonyl (C=O) groups is 2. The van der Waals surface area contributed by atoms with E-state index in [2.05, 4.69) is 0 Å². The van der Waals surface area contributed by atoms with Gasteiger partial charge in [-0.1, -0.05) is 48.5 Å². The molecule has 34 heavy (non-hydrogen) atoms. The Hall–Kier alpha value is -4.40. The van der Waals surface area contributed by atoms with Crippen LogP contribution in [0.5, 0.6) is 11.5 Å². The van der Waals surface area contributed by atoms with Gasteiger partial charge < -0.3 is 18.9 Å². The molecule has 1 aliphatic rings. The molecule has 9 heteroatoms. The molecule has 0 saturated carbocycles. The number of hydrogen-bond donors (Lipinski definition) is 0. The van der Waals surface area contributed by atoms with Crippen LogP contribution in [0, 0.1) is 10.1 Å². The summed E-state index contributed by atoms with van der Waals surface area (Å²) in [5.41, 5.74) is 3.33. The quantitative estimate of drug-likeness (QED) is 0.202. The van der Waals surface area contributed by atoms with Crippen LogP contribution in [0.2, 0.25) is 0 Å². The van der Waals surface area contributed by atoms with Crippen LogP contribution < -0.4 is 9.47 Å². The molecule has 9 nitrogen and oxygen atoms in total. The highest BCUT2D eigenvalue weighted by Crippen LogP contribution is 2.47. The number of esters is 1. The van der Waals surface area contributed by atoms with Gasteiger partial charge in [-0.3, -0.25) is 14.9 Å². The van der Waals surface area contributed by atoms with Gasteiger partial charge in [0.25, 0.3) is 12.2 Å². The molecule has 0 aromatic heterocycles. The Bertz CT molecular complexity index is 1210. The molecule has 0 saturated heterocycles. The normalized spacial score (nSPS) is 12.8. The van der Waals surface area contributed by atoms with E-state index in [1.54, 1.807) is 0 Å². The number of nitro benzene ring substituents is 1. The molecule has 1 aliphatic carbocycles. The number of ether oxygens (including phenoxy) is 4. The molecule has 0 N–H and O–H groups in total. The maximum absolute atomic E-state index is 13.1. The van der Waals surface area contributed by atoms with Crippen molar-refractivity contribution < 1.29 is 33.5 Å². The van der Waals surface area contributed by atoms with Gasteiger partial charge in [0.05, 0.1) is 36.7 Å². The molecule has 0 amide bonds. The first-order valence-electron chi connectivity index (χ1n) is 10.3. The Kier molecular flexibility index (Phi) is 6.44. The number of rotatable bonds is 9. The van der Waals surface area contributed by atoms with Gasteiger partial charge in [-0.25, -0.2) is 4.79 Å². The van der Waals surface area contributed by atoms with Crippen LogP contribution in [0.15, 0.2) is 60.7 Å². The van der Waals surface area contributed by atoms with Gasteiger partial charge >= 0.3 is 5.97 Å². The Morgan fingerprint density at radius 2 is 1.56 bits per heavy atom. The smallest absolute Gasteiger partial charge is 0.348 e. The third-order valence-corrected chi connectivity index (χ3v) is 5.77. The van der Waals surface area contributed by atoms with Crippen molar-refractivity contribution in [1.82, 2.24) is 0 Å². The summed E-state index contributed by atoms with van der Waals surface area (Å²) in [5.74, 6) is -0.984. The number of carbonyl (C=O) groups excluding carboxylic acids is 2. The minimum absolute atomic E-state index is 0.105. The zero-order chi connectivity index (χ0) is 24.2. The summed E-state index contributed by atoms with van der Waals surface area (Å²) in [4.78, 5) is 35.4. The number of fused-ring (bicyclic) bond motifs is 3. The van der Waals surface area contributed by atoms with E-state index in [-0.39, 0.29) is 29.2 Å². The lowest BCUT2D eigenvalue weighted by molar-refractivity contribution is -0.385. The molecule has 0 spiro atoms. The van der Waals surface area contributed by atoms with Crippen LogP contribution in [-0.4, -0.2) is 37.7 Å². The largest absolute Gasteiger partial charge is 0.493 e. The van der Waals surface area contributed by atoms with Gasteiger partial charge in [-0.05, 0) is 28.3 Å². The molecule has 174 valence electrons. The first kappa shape index (κ1) is 22.8. The van der Waals surface area contributed by atoms with Gasteiger partial charge in [-0.15, -0.1) is 0 Å². The summed E-state index contributed by atoms with van der Waals surface area (Å²) in [6.45, 7) is -0.224. The van der Waals surface area contributed by atoms with Gasteiger partial charge in [0.2, 0.25) is 6.10 Å². The summed E-state index contributed by atoms with van der Waals surface area (Å²) in [6.07, 6.45) is -1.28. The van der Waals surface area contributed by atoms with Crippen molar-refractivity contribution in [2.45, 2.75) is 18.6 Å². The molecule has 3 aromatic carbocycles. The molecule has 4 rings (SSSR count). The minimum Gasteiger partial charge on any atom is -0.493 e. The molecule has 1 atom stereocenters. The van der Waals surface area contributed by atoms with Crippen molar-refractivity contribution in [1.29, 1.82) is 0 Å². The van der Waals surface area contributed by atoms with Crippen LogP contribution in [0.25, 0.3) is 11.1 Å². The Morgan fingerprint density at radius 1 is 1.00 bits per heavy atom. The number of nitro groups is 1. The molecule has 0 aliphatic heterocycles. The van der Waals surface area contributed by atoms with Crippen LogP contribution >= 0.6 is 0 Å². The summed E-state index contributed by atoms with van der Waals surface area (Å²) in [7, 11) is 2.75. The summed E-state index contributed by atoms with van der Waals surface area (Å²) in [5, 5.41) is 11.6. The lowest BCUT2D eigenvalue weighted by Gasteiger charge is -2.22. The summed E-state index contributed by atoms with van der Waals surface area (Å²) >= 11 is 0. The predicted octanol–water partition coefficient (Wildman–Crippen LogP) is 4.01. The van der Waals surface area contributed by atoms with Crippen LogP contribution in [0.1, 0.15) is 22.6 Å². The van der Waals surface area contributed by atoms with Crippen molar-refractivity contribution in [3.63, 3.8) is 0 Å². The van der Waals surface area contributed by atoms with Crippen molar-refractivity contribution >= 4 is 18.1 Å². The van der Waals surface area contributed by atoms with E-state index in [9.17, 15) is 19.7 Å². The van der Waals surface area contributed by atoms with E-state index >= 15 is 0 Å². The standard InChI is InChI=1S/C25H21NO8/c1-31-21-11-15(20(26(29)30)12-22(21)32-2)13-33-25(28)24(34-14-27)23-18-9-5-3-7-16(18)17-8-4-6-10-19(17)23/h3-12,14,23-24H,13H2,1-2H3. The van der Waals surface area contributed by atoms with Crippen LogP contribution in [-0.2, 0) is 25.7 Å². The molecule has 3 aromatic rings. The molecular formula is C25H21NO8. The average Bonchev–Trinajstić information content (AvgIpc) is 3.19. The third-order valence-electron chi connectivity index (χ3n) is 5.77. The zero-order valence-corrected chi connectivity index (χ0v) is 18.4. The van der Waals surface area contributed by atoms with Gasteiger partial charge in [0, 0.05) is 0 Å². The maximum Gasteiger partial charge on any atom is 0.348 e. The second kappa shape index (κ2) is 9.62. The fraction of sp³-hybridized carbons (Fsp3) is 0.200. The Labute approximate surface area is 195 Å². The Balaban J connectivity index is 1.65. The van der Waals surface area contributed by atoms with Gasteiger partial charge in [-0.2, -0.15) is 0 Å². The molecule has 0 radical (unpaired) electrons. The highest BCUT2D eigenvalue weighted by molar-refractivity contribution is 5.85. The van der Waals surface area contributed by atoms with E-state index in [0.29, 0.717) is 0 Å². The SMILES string of the molecule is COc1cc(COC(=O)C(OC=O)C2c3ccccc3-c3ccccc32)c([N+](=O)[O-])cc1OC. The molecule has 1 unspecified atom stereocenters. The Morgan fingerprint density at radius 3 is 2.09 bits per heavy atom. The van der Waals surface area contributed by atoms with Gasteiger partial charge in [0.15, 0.2) is 11.5 Å². The van der Waals surface area contributed by atoms with Crippen molar-refractivity contribution in [3.05, 3.63) is 87.5 Å². The first-order chi connectivity index (χ1) is 16.5. The van der Waals surface area contributed by atoms with Gasteiger partial charge in [0.1, 0.15) is 6.61 Å². The number of benzene rings is 3. The van der Waals surface area contributed by atoms with E-state index in [1.807, 2.05) is 48.5 Å². The maximum atomic E-state index is 13.1. The second-order valence-electron chi connectivity index (χ2n) is 7.51. The fourth-order valence-corrected chi connectivity index (χ4v) is 4.28. The lowest BCUT2D eigenvalue weighted by Crippen LogP contribution is -2.32. The van der Waals surface area contributed by atoms with Crippen LogP contribution in [0.3, 0.4) is 0 Å². The zero-order valence-electron chi connectivity index (χ0n) is 18.4. The third kappa shape index (κ3) is 4.03. The molecule has 0 heterocycles. The number of hydrogen-bond acceptors (Lipinski definition) is 8. The first-order valence-corrected chi connectivity index (χ1v) is 10.3. The van der Waals surface area contributed by atoms with E-state index in [1.165, 1.54) is 26.4 Å². The van der Waals surface area contributed by atoms with E-state index in [4.69, 9.17) is 18.9 Å². The predicted molar refractivity (Wildman–Crippen MR) is 121 cm³/mol. The highest BCUT2D eigenvalue weighted by atomic mass is 16.6. The van der Waals surface area contributed by atoms with E-state index < -0.39 is 29.5 Å². The average molecular weight is 463 g/mol. The molecule has 0 bridgehead atoms. The topological polar surface area (TPSA) is 114 Å². The van der Waals surface area contributed by atoms with Crippen LogP contribution in [0.4, 0.5) is 5.69 Å². The second-order valence-corrected chi connectivity index (χ2v) is 7.51. The highest BCUT2D eigenvalue weighted by Gasteiger charge is 2.40. The molecule has 0 fully saturated rings. The fourth-order valence-electron chi connectivity index (χ4n) is 4.28. The minimum atomic E-state index is -1.28. The van der Waals surface area contributed by atoms with Crippen molar-refractivity contribution in [2.75, 3.05) is 14.2 Å². The number of methoxy groups -OCH3 is 2. The number of nitrogens with zero attached hydrogens (tertiary/aromatic N) is 1. The lowest BCUT2D eigenvalue weighted by atomic mass is 9.91. The summed E-state index contributed by atoms with van der Waals surface area (Å²) in [6, 6.07) is 17.6. The summed E-state index contributed by atoms with van der Waals surface area (Å²) < 4.78 is 21.0. The van der Waals surface area contributed by atoms with E-state index in [0.717, 1.165) is 22.3 Å². The monoisotopic (exact) mass is 463 g/mol. The van der Waals surface area contributed by atoms with Crippen molar-refractivity contribution in [2.24, 2.45) is 0 Å². The molecular weight excluding hydrogens is 442 g/mol. The van der Waals surface area contributed by atoms with Crippen molar-refractivity contribution in [3.8, 4) is 22.6 Å².